The van der Waals surface area contributed by atoms with Crippen LogP contribution in [0.4, 0.5) is 4.79 Å². The Balaban J connectivity index is 1.54. The van der Waals surface area contributed by atoms with Crippen LogP contribution in [-0.4, -0.2) is 74.6 Å². The summed E-state index contributed by atoms with van der Waals surface area (Å²) in [6, 6.07) is 1.05. The average molecular weight is 427 g/mol. The van der Waals surface area contributed by atoms with Crippen molar-refractivity contribution in [2.75, 3.05) is 19.6 Å². The summed E-state index contributed by atoms with van der Waals surface area (Å²) in [5.41, 5.74) is 1.38. The van der Waals surface area contributed by atoms with Crippen LogP contribution >= 0.6 is 12.3 Å². The van der Waals surface area contributed by atoms with E-state index in [0.717, 1.165) is 10.8 Å². The lowest BCUT2D eigenvalue weighted by Crippen LogP contribution is -2.32. The molecule has 3 N–H and O–H groups in total. The number of carbonyl (C=O) groups excluding carboxylic acids is 2. The summed E-state index contributed by atoms with van der Waals surface area (Å²) >= 11 is 0.317. The summed E-state index contributed by atoms with van der Waals surface area (Å²) in [4.78, 5) is 25.9. The highest BCUT2D eigenvalue weighted by molar-refractivity contribution is 7.89. The van der Waals surface area contributed by atoms with Crippen LogP contribution in [-0.2, 0) is 24.9 Å². The second kappa shape index (κ2) is 10.1. The summed E-state index contributed by atoms with van der Waals surface area (Å²) in [7, 11) is 0. The van der Waals surface area contributed by atoms with E-state index in [1.54, 1.807) is 28.7 Å². The van der Waals surface area contributed by atoms with E-state index in [1.165, 1.54) is 0 Å². The van der Waals surface area contributed by atoms with Gasteiger partial charge in [-0.15, -0.1) is 4.33 Å². The van der Waals surface area contributed by atoms with Crippen molar-refractivity contribution in [3.8, 4) is 0 Å². The number of hydroxylamine groups is 2. The van der Waals surface area contributed by atoms with Crippen LogP contribution in [0.1, 0.15) is 12.1 Å². The van der Waals surface area contributed by atoms with E-state index in [2.05, 4.69) is 19.8 Å². The second-order valence-corrected chi connectivity index (χ2v) is 7.19. The zero-order valence-electron chi connectivity index (χ0n) is 15.8. The van der Waals surface area contributed by atoms with Gasteiger partial charge in [0.1, 0.15) is 6.04 Å². The number of nitrogens with one attached hydrogen (secondary N) is 1. The molecular formula is C15H22BN5O7S. The van der Waals surface area contributed by atoms with Crippen LogP contribution in [0.3, 0.4) is 0 Å². The Morgan fingerprint density at radius 1 is 1.52 bits per heavy atom. The standard InChI is InChI=1S/C15H22BN5O7S/c1-16(24)4-2-5-17-14(22)7-11-3-6-20(18-11)12-8-13-10-19(9-12)15(23)21(13)26-29-28-27-25/h3,6,8,13,24-25H,2,4-5,7,9-10H2,1H3,(H,17,22). The van der Waals surface area contributed by atoms with Crippen molar-refractivity contribution in [2.45, 2.75) is 32.0 Å². The number of nitrogens with zero attached hydrogens (tertiary/aromatic N) is 4. The van der Waals surface area contributed by atoms with E-state index in [-0.39, 0.29) is 31.3 Å². The number of carbonyl (C=O) groups is 2. The molecule has 1 unspecified atom stereocenters. The topological polar surface area (TPSA) is 139 Å². The summed E-state index contributed by atoms with van der Waals surface area (Å²) in [6.07, 6.45) is 5.07. The molecule has 0 aromatic carbocycles. The Kier molecular flexibility index (Phi) is 7.52. The summed E-state index contributed by atoms with van der Waals surface area (Å²) in [5, 5.41) is 29.1. The summed E-state index contributed by atoms with van der Waals surface area (Å²) in [6.45, 7) is 2.63. The Hall–Kier alpha value is -2.10. The van der Waals surface area contributed by atoms with Crippen molar-refractivity contribution in [3.63, 3.8) is 0 Å². The number of urea groups is 1. The van der Waals surface area contributed by atoms with E-state index < -0.39 is 0 Å². The fourth-order valence-electron chi connectivity index (χ4n) is 3.14. The van der Waals surface area contributed by atoms with Crippen molar-refractivity contribution < 1.29 is 33.5 Å². The molecule has 3 amide bonds. The number of hydrogen-bond donors (Lipinski definition) is 3. The molecule has 1 saturated heterocycles. The van der Waals surface area contributed by atoms with E-state index in [9.17, 15) is 14.6 Å². The molecule has 29 heavy (non-hydrogen) atoms. The van der Waals surface area contributed by atoms with E-state index >= 15 is 0 Å². The Morgan fingerprint density at radius 2 is 2.34 bits per heavy atom. The lowest BCUT2D eigenvalue weighted by atomic mass is 9.67. The number of amides is 3. The van der Waals surface area contributed by atoms with Crippen molar-refractivity contribution in [3.05, 3.63) is 24.0 Å². The van der Waals surface area contributed by atoms with Crippen LogP contribution in [0, 0.1) is 0 Å². The maximum Gasteiger partial charge on any atom is 0.346 e. The van der Waals surface area contributed by atoms with Gasteiger partial charge in [0.05, 0.1) is 24.4 Å². The van der Waals surface area contributed by atoms with Crippen LogP contribution in [0.2, 0.25) is 13.1 Å². The average Bonchev–Trinajstić information content (AvgIpc) is 3.23. The largest absolute Gasteiger partial charge is 0.451 e. The Bertz CT molecular complexity index is 761. The molecule has 1 aromatic heterocycles. The maximum atomic E-state index is 12.3. The highest BCUT2D eigenvalue weighted by Gasteiger charge is 2.42. The van der Waals surface area contributed by atoms with E-state index in [1.807, 2.05) is 6.08 Å². The normalized spacial score (nSPS) is 18.2. The van der Waals surface area contributed by atoms with Crippen LogP contribution in [0.25, 0.3) is 5.70 Å². The van der Waals surface area contributed by atoms with Crippen molar-refractivity contribution in [1.29, 1.82) is 0 Å². The van der Waals surface area contributed by atoms with Gasteiger partial charge in [0.15, 0.2) is 0 Å². The molecule has 0 radical (unpaired) electrons. The zero-order chi connectivity index (χ0) is 20.8. The fraction of sp³-hybridized carbons (Fsp3) is 0.533. The van der Waals surface area contributed by atoms with Gasteiger partial charge in [0, 0.05) is 19.3 Å². The van der Waals surface area contributed by atoms with Crippen LogP contribution in [0.5, 0.6) is 0 Å². The van der Waals surface area contributed by atoms with Gasteiger partial charge in [-0.25, -0.2) is 14.7 Å². The number of fused-ring (bicyclic) bond motifs is 2. The van der Waals surface area contributed by atoms with Crippen molar-refractivity contribution in [2.24, 2.45) is 0 Å². The number of hydrogen-bond acceptors (Lipinski definition) is 9. The monoisotopic (exact) mass is 427 g/mol. The van der Waals surface area contributed by atoms with Crippen LogP contribution in [0.15, 0.2) is 18.3 Å². The van der Waals surface area contributed by atoms with Gasteiger partial charge in [-0.2, -0.15) is 14.4 Å². The first-order valence-corrected chi connectivity index (χ1v) is 9.74. The SMILES string of the molecule is CB(O)CCCNC(=O)Cc1ccn(C2=CC3CN(C2)C(=O)N3OSOOO)n1. The molecule has 3 heterocycles. The molecule has 1 aromatic rings. The molecule has 2 aliphatic rings. The minimum Gasteiger partial charge on any atom is -0.451 e. The molecule has 3 rings (SSSR count). The molecule has 1 atom stereocenters. The van der Waals surface area contributed by atoms with Gasteiger partial charge < -0.3 is 15.2 Å². The molecular weight excluding hydrogens is 405 g/mol. The van der Waals surface area contributed by atoms with Gasteiger partial charge in [-0.1, -0.05) is 11.9 Å². The first kappa shape index (κ1) is 21.6. The fourth-order valence-corrected chi connectivity index (χ4v) is 3.43. The molecule has 158 valence electrons. The third-order valence-corrected chi connectivity index (χ3v) is 4.81. The molecule has 0 aliphatic carbocycles. The highest BCUT2D eigenvalue weighted by atomic mass is 32.2. The quantitative estimate of drug-likeness (QED) is 0.151. The van der Waals surface area contributed by atoms with Crippen molar-refractivity contribution >= 4 is 36.9 Å². The third-order valence-electron chi connectivity index (χ3n) is 4.48. The van der Waals surface area contributed by atoms with E-state index in [4.69, 9.17) is 9.54 Å². The molecule has 14 heteroatoms. The summed E-state index contributed by atoms with van der Waals surface area (Å²) < 4.78 is 10.9. The van der Waals surface area contributed by atoms with E-state index in [0.29, 0.717) is 50.4 Å². The number of rotatable bonds is 11. The predicted molar refractivity (Wildman–Crippen MR) is 103 cm³/mol. The predicted octanol–water partition coefficient (Wildman–Crippen LogP) is 0.422. The second-order valence-electron chi connectivity index (χ2n) is 6.77. The van der Waals surface area contributed by atoms with Gasteiger partial charge in [0.25, 0.3) is 6.92 Å². The summed E-state index contributed by atoms with van der Waals surface area (Å²) in [5.74, 6) is -0.139. The van der Waals surface area contributed by atoms with Gasteiger partial charge in [0.2, 0.25) is 18.2 Å². The Labute approximate surface area is 171 Å². The maximum absolute atomic E-state index is 12.3. The van der Waals surface area contributed by atoms with Gasteiger partial charge in [-0.05, 0) is 24.9 Å². The third kappa shape index (κ3) is 5.71. The van der Waals surface area contributed by atoms with Crippen LogP contribution < -0.4 is 5.32 Å². The first-order chi connectivity index (χ1) is 14.0. The zero-order valence-corrected chi connectivity index (χ0v) is 16.6. The van der Waals surface area contributed by atoms with Gasteiger partial charge >= 0.3 is 6.03 Å². The molecule has 1 fully saturated rings. The Morgan fingerprint density at radius 3 is 3.10 bits per heavy atom. The minimum atomic E-state index is -0.375. The molecule has 2 aliphatic heterocycles. The number of aromatic nitrogens is 2. The lowest BCUT2D eigenvalue weighted by Gasteiger charge is -2.21. The first-order valence-electron chi connectivity index (χ1n) is 9.08. The lowest BCUT2D eigenvalue weighted by molar-refractivity contribution is -0.435. The minimum absolute atomic E-state index is 0.139. The molecule has 0 saturated carbocycles. The smallest absolute Gasteiger partial charge is 0.346 e. The van der Waals surface area contributed by atoms with Gasteiger partial charge in [-0.3, -0.25) is 4.79 Å². The highest BCUT2D eigenvalue weighted by Crippen LogP contribution is 2.28. The van der Waals surface area contributed by atoms with Crippen molar-refractivity contribution in [1.82, 2.24) is 25.1 Å². The molecule has 2 bridgehead atoms. The molecule has 0 spiro atoms. The molecule has 12 nitrogen and oxygen atoms in total.